The third-order valence-corrected chi connectivity index (χ3v) is 9.44. The normalized spacial score (nSPS) is 16.3. The van der Waals surface area contributed by atoms with E-state index in [1.54, 1.807) is 0 Å². The van der Waals surface area contributed by atoms with E-state index in [2.05, 4.69) is 17.1 Å². The van der Waals surface area contributed by atoms with Gasteiger partial charge in [-0.05, 0) is 61.2 Å². The first-order chi connectivity index (χ1) is 20.3. The quantitative estimate of drug-likeness (QED) is 0.0481. The third kappa shape index (κ3) is 6.23. The summed E-state index contributed by atoms with van der Waals surface area (Å²) < 4.78 is 6.45. The molecule has 10 heteroatoms. The lowest BCUT2D eigenvalue weighted by Gasteiger charge is -2.23. The fourth-order valence-corrected chi connectivity index (χ4v) is 6.83. The van der Waals surface area contributed by atoms with Gasteiger partial charge in [0.2, 0.25) is 5.13 Å². The number of carbonyl (C=O) groups is 2. The molecule has 0 saturated carbocycles. The molecule has 216 valence electrons. The van der Waals surface area contributed by atoms with Crippen molar-refractivity contribution in [3.63, 3.8) is 0 Å². The summed E-state index contributed by atoms with van der Waals surface area (Å²) in [6, 6.07) is 19.6. The van der Waals surface area contributed by atoms with Crippen LogP contribution in [0.3, 0.4) is 0 Å². The standard InChI is InChI=1S/C32H30ClN3O4S2/c1-4-5-16-40-23-14-12-21(13-15-23)27-26(28(37)24-17-19(2)10-11-20(24)3)29(38)30(39)36(27)31-34-35-32(42-31)41-18-22-8-6-7-9-25(22)33/h6-15,17,27,37H,4-5,16,18H2,1-3H3/b28-26+. The number of aromatic nitrogens is 2. The molecule has 1 fully saturated rings. The van der Waals surface area contributed by atoms with Crippen LogP contribution in [0.2, 0.25) is 5.02 Å². The van der Waals surface area contributed by atoms with Crippen molar-refractivity contribution in [1.82, 2.24) is 10.2 Å². The molecule has 1 saturated heterocycles. The van der Waals surface area contributed by atoms with Crippen LogP contribution in [0, 0.1) is 13.8 Å². The number of halogens is 1. The highest BCUT2D eigenvalue weighted by atomic mass is 35.5. The van der Waals surface area contributed by atoms with Crippen LogP contribution in [0.4, 0.5) is 5.13 Å². The topological polar surface area (TPSA) is 92.6 Å². The first kappa shape index (κ1) is 29.8. The summed E-state index contributed by atoms with van der Waals surface area (Å²) in [5.74, 6) is -0.505. The van der Waals surface area contributed by atoms with Gasteiger partial charge in [-0.2, -0.15) is 0 Å². The summed E-state index contributed by atoms with van der Waals surface area (Å²) in [6.45, 7) is 6.46. The first-order valence-corrected chi connectivity index (χ1v) is 15.8. The summed E-state index contributed by atoms with van der Waals surface area (Å²) in [5.41, 5.74) is 3.82. The zero-order chi connectivity index (χ0) is 29.8. The zero-order valence-electron chi connectivity index (χ0n) is 23.5. The van der Waals surface area contributed by atoms with Crippen LogP contribution in [0.1, 0.15) is 53.6 Å². The molecule has 1 aliphatic rings. The van der Waals surface area contributed by atoms with Crippen LogP contribution >= 0.6 is 34.7 Å². The number of carbonyl (C=O) groups excluding carboxylic acids is 2. The number of ether oxygens (including phenoxy) is 1. The molecule has 1 unspecified atom stereocenters. The SMILES string of the molecule is CCCCOc1ccc(C2/C(=C(\O)c3cc(C)ccc3C)C(=O)C(=O)N2c2nnc(SCc3ccccc3Cl)s2)cc1. The maximum Gasteiger partial charge on any atom is 0.301 e. The second-order valence-corrected chi connectivity index (χ2v) is 12.6. The molecule has 1 aliphatic heterocycles. The van der Waals surface area contributed by atoms with E-state index in [9.17, 15) is 14.7 Å². The lowest BCUT2D eigenvalue weighted by Crippen LogP contribution is -2.29. The van der Waals surface area contributed by atoms with Crippen molar-refractivity contribution in [2.75, 3.05) is 11.5 Å². The van der Waals surface area contributed by atoms with Gasteiger partial charge in [0.1, 0.15) is 11.5 Å². The average Bonchev–Trinajstić information content (AvgIpc) is 3.56. The van der Waals surface area contributed by atoms with E-state index in [1.807, 2.05) is 80.6 Å². The monoisotopic (exact) mass is 619 g/mol. The molecular weight excluding hydrogens is 590 g/mol. The number of ketones is 1. The van der Waals surface area contributed by atoms with Crippen molar-refractivity contribution < 1.29 is 19.4 Å². The Bertz CT molecular complexity index is 1650. The molecule has 3 aromatic carbocycles. The van der Waals surface area contributed by atoms with Crippen LogP contribution in [0.15, 0.2) is 76.6 Å². The van der Waals surface area contributed by atoms with Crippen LogP contribution < -0.4 is 9.64 Å². The Morgan fingerprint density at radius 1 is 1.07 bits per heavy atom. The lowest BCUT2D eigenvalue weighted by molar-refractivity contribution is -0.132. The van der Waals surface area contributed by atoms with Crippen LogP contribution in [0.25, 0.3) is 5.76 Å². The number of unbranched alkanes of at least 4 members (excludes halogenated alkanes) is 1. The number of nitrogens with zero attached hydrogens (tertiary/aromatic N) is 3. The zero-order valence-corrected chi connectivity index (χ0v) is 25.9. The second kappa shape index (κ2) is 13.1. The number of amides is 1. The number of aliphatic hydroxyl groups is 1. The molecular formula is C32H30ClN3O4S2. The lowest BCUT2D eigenvalue weighted by atomic mass is 9.93. The minimum absolute atomic E-state index is 0.00817. The highest BCUT2D eigenvalue weighted by Crippen LogP contribution is 2.44. The molecule has 0 bridgehead atoms. The van der Waals surface area contributed by atoms with Gasteiger partial charge in [-0.25, -0.2) is 0 Å². The summed E-state index contributed by atoms with van der Waals surface area (Å²) in [6.07, 6.45) is 1.96. The maximum absolute atomic E-state index is 13.6. The van der Waals surface area contributed by atoms with Crippen molar-refractivity contribution in [2.24, 2.45) is 0 Å². The third-order valence-electron chi connectivity index (χ3n) is 6.97. The molecule has 5 rings (SSSR count). The van der Waals surface area contributed by atoms with E-state index >= 15 is 0 Å². The van der Waals surface area contributed by atoms with E-state index in [-0.39, 0.29) is 16.5 Å². The number of thioether (sulfide) groups is 1. The van der Waals surface area contributed by atoms with E-state index in [4.69, 9.17) is 16.3 Å². The van der Waals surface area contributed by atoms with Crippen LogP contribution in [-0.2, 0) is 15.3 Å². The second-order valence-electron chi connectivity index (χ2n) is 9.99. The number of rotatable bonds is 10. The Labute approximate surface area is 258 Å². The minimum atomic E-state index is -0.899. The van der Waals surface area contributed by atoms with Crippen LogP contribution in [0.5, 0.6) is 5.75 Å². The number of aliphatic hydroxyl groups excluding tert-OH is 1. The van der Waals surface area contributed by atoms with E-state index in [0.29, 0.717) is 38.6 Å². The van der Waals surface area contributed by atoms with Crippen molar-refractivity contribution in [3.05, 3.63) is 105 Å². The molecule has 4 aromatic rings. The Kier molecular flexibility index (Phi) is 9.30. The van der Waals surface area contributed by atoms with Gasteiger partial charge < -0.3 is 9.84 Å². The first-order valence-electron chi connectivity index (χ1n) is 13.6. The Hall–Kier alpha value is -3.66. The molecule has 42 heavy (non-hydrogen) atoms. The van der Waals surface area contributed by atoms with Gasteiger partial charge in [0.05, 0.1) is 18.2 Å². The summed E-state index contributed by atoms with van der Waals surface area (Å²) in [5, 5.41) is 21.1. The number of hydrogen-bond acceptors (Lipinski definition) is 8. The number of aryl methyl sites for hydroxylation is 2. The Morgan fingerprint density at radius 3 is 2.57 bits per heavy atom. The van der Waals surface area contributed by atoms with E-state index in [1.165, 1.54) is 28.0 Å². The van der Waals surface area contributed by atoms with Gasteiger partial charge in [-0.3, -0.25) is 14.5 Å². The van der Waals surface area contributed by atoms with Crippen LogP contribution in [-0.4, -0.2) is 33.6 Å². The molecule has 0 aliphatic carbocycles. The predicted octanol–water partition coefficient (Wildman–Crippen LogP) is 7.91. The summed E-state index contributed by atoms with van der Waals surface area (Å²) in [4.78, 5) is 28.5. The van der Waals surface area contributed by atoms with Crippen molar-refractivity contribution in [1.29, 1.82) is 0 Å². The van der Waals surface area contributed by atoms with E-state index < -0.39 is 17.7 Å². The molecule has 0 radical (unpaired) electrons. The van der Waals surface area contributed by atoms with Crippen molar-refractivity contribution >= 4 is 57.3 Å². The van der Waals surface area contributed by atoms with Gasteiger partial charge in [0.15, 0.2) is 4.34 Å². The van der Waals surface area contributed by atoms with Gasteiger partial charge in [-0.15, -0.1) is 10.2 Å². The Morgan fingerprint density at radius 2 is 1.83 bits per heavy atom. The smallest absolute Gasteiger partial charge is 0.301 e. The van der Waals surface area contributed by atoms with Gasteiger partial charge >= 0.3 is 5.91 Å². The number of benzene rings is 3. The molecule has 7 nitrogen and oxygen atoms in total. The molecule has 2 heterocycles. The fourth-order valence-electron chi connectivity index (χ4n) is 4.68. The minimum Gasteiger partial charge on any atom is -0.507 e. The largest absolute Gasteiger partial charge is 0.507 e. The molecule has 1 aromatic heterocycles. The number of anilines is 1. The summed E-state index contributed by atoms with van der Waals surface area (Å²) >= 11 is 8.97. The number of Topliss-reactive ketones (excluding diaryl/α,β-unsaturated/α-hetero) is 1. The molecule has 1 atom stereocenters. The van der Waals surface area contributed by atoms with Crippen molar-refractivity contribution in [3.8, 4) is 5.75 Å². The van der Waals surface area contributed by atoms with Gasteiger partial charge in [-0.1, -0.05) is 96.1 Å². The number of hydrogen-bond donors (Lipinski definition) is 1. The molecule has 1 N–H and O–H groups in total. The maximum atomic E-state index is 13.6. The summed E-state index contributed by atoms with van der Waals surface area (Å²) in [7, 11) is 0. The van der Waals surface area contributed by atoms with E-state index in [0.717, 1.165) is 29.5 Å². The Balaban J connectivity index is 1.54. The molecule has 0 spiro atoms. The highest BCUT2D eigenvalue weighted by Gasteiger charge is 2.48. The fraction of sp³-hybridized carbons (Fsp3) is 0.250. The van der Waals surface area contributed by atoms with Gasteiger partial charge in [0, 0.05) is 16.3 Å². The molecule has 1 amide bonds. The van der Waals surface area contributed by atoms with Crippen molar-refractivity contribution in [2.45, 2.75) is 49.7 Å². The highest BCUT2D eigenvalue weighted by molar-refractivity contribution is 8.00. The van der Waals surface area contributed by atoms with Gasteiger partial charge in [0.25, 0.3) is 5.78 Å². The predicted molar refractivity (Wildman–Crippen MR) is 168 cm³/mol. The average molecular weight is 620 g/mol.